The van der Waals surface area contributed by atoms with Crippen molar-refractivity contribution in [2.45, 2.75) is 39.5 Å². The molecule has 2 aromatic rings. The second-order valence-corrected chi connectivity index (χ2v) is 6.18. The molecule has 0 amide bonds. The third-order valence-corrected chi connectivity index (χ3v) is 3.82. The monoisotopic (exact) mass is 340 g/mol. The Bertz CT molecular complexity index is 717. The van der Waals surface area contributed by atoms with Crippen LogP contribution in [0.5, 0.6) is 5.75 Å². The van der Waals surface area contributed by atoms with Crippen molar-refractivity contribution < 1.29 is 19.1 Å². The Kier molecular flexibility index (Phi) is 6.75. The molecule has 0 aliphatic rings. The summed E-state index contributed by atoms with van der Waals surface area (Å²) < 4.78 is 10.5. The molecular formula is C21H24O4. The Balaban J connectivity index is 2.04. The third kappa shape index (κ3) is 5.45. The first kappa shape index (κ1) is 18.7. The molecule has 0 atom stereocenters. The second kappa shape index (κ2) is 9.02. The van der Waals surface area contributed by atoms with Gasteiger partial charge in [0, 0.05) is 0 Å². The predicted octanol–water partition coefficient (Wildman–Crippen LogP) is 4.99. The number of hydrogen-bond acceptors (Lipinski definition) is 4. The topological polar surface area (TPSA) is 52.6 Å². The summed E-state index contributed by atoms with van der Waals surface area (Å²) in [5.74, 6) is -0.0321. The van der Waals surface area contributed by atoms with Crippen molar-refractivity contribution in [2.75, 3.05) is 6.61 Å². The predicted molar refractivity (Wildman–Crippen MR) is 97.1 cm³/mol. The van der Waals surface area contributed by atoms with Crippen molar-refractivity contribution in [3.05, 3.63) is 65.2 Å². The molecule has 4 nitrogen and oxygen atoms in total. The van der Waals surface area contributed by atoms with Crippen molar-refractivity contribution in [3.63, 3.8) is 0 Å². The molecule has 2 rings (SSSR count). The molecular weight excluding hydrogens is 316 g/mol. The van der Waals surface area contributed by atoms with Crippen LogP contribution >= 0.6 is 0 Å². The van der Waals surface area contributed by atoms with Crippen LogP contribution in [0.1, 0.15) is 65.8 Å². The van der Waals surface area contributed by atoms with E-state index in [9.17, 15) is 9.59 Å². The standard InChI is InChI=1S/C21H24O4/c1-4-5-13-24-20(22)17-7-6-8-18(14-17)21(23)25-19-11-9-16(10-12-19)15(2)3/h6-12,14-15H,4-5,13H2,1-3H3. The lowest BCUT2D eigenvalue weighted by Crippen LogP contribution is -2.11. The Morgan fingerprint density at radius 1 is 0.960 bits per heavy atom. The number of carbonyl (C=O) groups excluding carboxylic acids is 2. The number of hydrogen-bond donors (Lipinski definition) is 0. The summed E-state index contributed by atoms with van der Waals surface area (Å²) in [6, 6.07) is 13.8. The van der Waals surface area contributed by atoms with E-state index in [1.807, 2.05) is 19.1 Å². The number of benzene rings is 2. The molecule has 0 heterocycles. The highest BCUT2D eigenvalue weighted by Gasteiger charge is 2.13. The molecule has 2 aromatic carbocycles. The maximum Gasteiger partial charge on any atom is 0.343 e. The van der Waals surface area contributed by atoms with Gasteiger partial charge in [0.15, 0.2) is 0 Å². The number of unbranched alkanes of at least 4 members (excludes halogenated alkanes) is 1. The first-order chi connectivity index (χ1) is 12.0. The van der Waals surface area contributed by atoms with E-state index in [-0.39, 0.29) is 0 Å². The minimum Gasteiger partial charge on any atom is -0.462 e. The average Bonchev–Trinajstić information content (AvgIpc) is 2.62. The van der Waals surface area contributed by atoms with E-state index in [1.165, 1.54) is 11.6 Å². The minimum absolute atomic E-state index is 0.317. The van der Waals surface area contributed by atoms with Gasteiger partial charge in [-0.2, -0.15) is 0 Å². The van der Waals surface area contributed by atoms with E-state index < -0.39 is 11.9 Å². The van der Waals surface area contributed by atoms with Gasteiger partial charge in [-0.15, -0.1) is 0 Å². The average molecular weight is 340 g/mol. The summed E-state index contributed by atoms with van der Waals surface area (Å²) >= 11 is 0. The van der Waals surface area contributed by atoms with Gasteiger partial charge in [-0.3, -0.25) is 0 Å². The van der Waals surface area contributed by atoms with Crippen LogP contribution in [-0.2, 0) is 4.74 Å². The number of carbonyl (C=O) groups is 2. The van der Waals surface area contributed by atoms with Crippen LogP contribution in [0.15, 0.2) is 48.5 Å². The quantitative estimate of drug-likeness (QED) is 0.405. The van der Waals surface area contributed by atoms with Crippen LogP contribution in [-0.4, -0.2) is 18.5 Å². The normalized spacial score (nSPS) is 10.6. The SMILES string of the molecule is CCCCOC(=O)c1cccc(C(=O)Oc2ccc(C(C)C)cc2)c1. The Morgan fingerprint density at radius 3 is 2.20 bits per heavy atom. The molecule has 132 valence electrons. The summed E-state index contributed by atoms with van der Waals surface area (Å²) in [5, 5.41) is 0. The van der Waals surface area contributed by atoms with Gasteiger partial charge < -0.3 is 9.47 Å². The zero-order chi connectivity index (χ0) is 18.2. The number of ether oxygens (including phenoxy) is 2. The number of esters is 2. The highest BCUT2D eigenvalue weighted by molar-refractivity contribution is 5.96. The van der Waals surface area contributed by atoms with Crippen LogP contribution in [0.2, 0.25) is 0 Å². The Hall–Kier alpha value is -2.62. The van der Waals surface area contributed by atoms with E-state index in [0.717, 1.165) is 12.8 Å². The summed E-state index contributed by atoms with van der Waals surface area (Å²) in [6.07, 6.45) is 1.77. The summed E-state index contributed by atoms with van der Waals surface area (Å²) in [5.41, 5.74) is 1.84. The third-order valence-electron chi connectivity index (χ3n) is 3.82. The van der Waals surface area contributed by atoms with Crippen LogP contribution in [0.3, 0.4) is 0 Å². The summed E-state index contributed by atoms with van der Waals surface area (Å²) in [4.78, 5) is 24.3. The Labute approximate surface area is 148 Å². The first-order valence-electron chi connectivity index (χ1n) is 8.60. The van der Waals surface area contributed by atoms with Crippen molar-refractivity contribution in [1.82, 2.24) is 0 Å². The lowest BCUT2D eigenvalue weighted by Gasteiger charge is -2.08. The van der Waals surface area contributed by atoms with Crippen LogP contribution in [0, 0.1) is 0 Å². The zero-order valence-corrected chi connectivity index (χ0v) is 15.0. The fraction of sp³-hybridized carbons (Fsp3) is 0.333. The molecule has 0 saturated heterocycles. The van der Waals surface area contributed by atoms with E-state index in [2.05, 4.69) is 13.8 Å². The van der Waals surface area contributed by atoms with Gasteiger partial charge in [0.25, 0.3) is 0 Å². The van der Waals surface area contributed by atoms with Gasteiger partial charge in [-0.05, 0) is 48.2 Å². The van der Waals surface area contributed by atoms with Gasteiger partial charge in [0.05, 0.1) is 17.7 Å². The van der Waals surface area contributed by atoms with Crippen LogP contribution in [0.4, 0.5) is 0 Å². The van der Waals surface area contributed by atoms with Gasteiger partial charge in [-0.25, -0.2) is 9.59 Å². The maximum atomic E-state index is 12.3. The minimum atomic E-state index is -0.500. The lowest BCUT2D eigenvalue weighted by molar-refractivity contribution is 0.0499. The molecule has 0 aliphatic carbocycles. The van der Waals surface area contributed by atoms with Gasteiger partial charge in [0.1, 0.15) is 5.75 Å². The number of rotatable bonds is 7. The largest absolute Gasteiger partial charge is 0.462 e. The van der Waals surface area contributed by atoms with Gasteiger partial charge in [-0.1, -0.05) is 45.4 Å². The Morgan fingerprint density at radius 2 is 1.60 bits per heavy atom. The molecule has 0 saturated carbocycles. The fourth-order valence-corrected chi connectivity index (χ4v) is 2.25. The van der Waals surface area contributed by atoms with Crippen molar-refractivity contribution >= 4 is 11.9 Å². The molecule has 0 unspecified atom stereocenters. The summed E-state index contributed by atoms with van der Waals surface area (Å²) in [6.45, 7) is 6.61. The molecule has 25 heavy (non-hydrogen) atoms. The van der Waals surface area contributed by atoms with E-state index in [4.69, 9.17) is 9.47 Å². The summed E-state index contributed by atoms with van der Waals surface area (Å²) in [7, 11) is 0. The highest BCUT2D eigenvalue weighted by atomic mass is 16.5. The maximum absolute atomic E-state index is 12.3. The molecule has 0 aliphatic heterocycles. The first-order valence-corrected chi connectivity index (χ1v) is 8.60. The fourth-order valence-electron chi connectivity index (χ4n) is 2.25. The smallest absolute Gasteiger partial charge is 0.343 e. The van der Waals surface area contributed by atoms with Crippen LogP contribution < -0.4 is 4.74 Å². The van der Waals surface area contributed by atoms with Crippen molar-refractivity contribution in [1.29, 1.82) is 0 Å². The van der Waals surface area contributed by atoms with E-state index in [1.54, 1.807) is 30.3 Å². The highest BCUT2D eigenvalue weighted by Crippen LogP contribution is 2.19. The van der Waals surface area contributed by atoms with Gasteiger partial charge in [0.2, 0.25) is 0 Å². The lowest BCUT2D eigenvalue weighted by atomic mass is 10.0. The van der Waals surface area contributed by atoms with E-state index >= 15 is 0 Å². The van der Waals surface area contributed by atoms with E-state index in [0.29, 0.717) is 29.4 Å². The molecule has 0 bridgehead atoms. The molecule has 0 radical (unpaired) electrons. The van der Waals surface area contributed by atoms with Crippen molar-refractivity contribution in [3.8, 4) is 5.75 Å². The van der Waals surface area contributed by atoms with Crippen molar-refractivity contribution in [2.24, 2.45) is 0 Å². The van der Waals surface area contributed by atoms with Crippen LogP contribution in [0.25, 0.3) is 0 Å². The molecule has 0 fully saturated rings. The second-order valence-electron chi connectivity index (χ2n) is 6.18. The molecule has 0 spiro atoms. The molecule has 0 N–H and O–H groups in total. The molecule has 0 aromatic heterocycles. The zero-order valence-electron chi connectivity index (χ0n) is 15.0. The van der Waals surface area contributed by atoms with Gasteiger partial charge >= 0.3 is 11.9 Å². The molecule has 4 heteroatoms.